The Morgan fingerprint density at radius 1 is 1.38 bits per heavy atom. The van der Waals surface area contributed by atoms with Crippen LogP contribution in [0.2, 0.25) is 0 Å². The van der Waals surface area contributed by atoms with Crippen LogP contribution in [0.3, 0.4) is 0 Å². The van der Waals surface area contributed by atoms with Crippen LogP contribution in [-0.4, -0.2) is 11.1 Å². The maximum Gasteiger partial charge on any atom is 0.304 e. The summed E-state index contributed by atoms with van der Waals surface area (Å²) in [6, 6.07) is 3.31. The lowest BCUT2D eigenvalue weighted by Crippen LogP contribution is -2.15. The lowest BCUT2D eigenvalue weighted by Gasteiger charge is -2.16. The van der Waals surface area contributed by atoms with Crippen molar-refractivity contribution in [1.29, 1.82) is 0 Å². The third-order valence-corrected chi connectivity index (χ3v) is 3.50. The van der Waals surface area contributed by atoms with Crippen LogP contribution in [0.1, 0.15) is 36.0 Å². The molecule has 0 unspecified atom stereocenters. The van der Waals surface area contributed by atoms with E-state index in [9.17, 15) is 9.18 Å². The summed E-state index contributed by atoms with van der Waals surface area (Å²) in [5.74, 6) is -1.11. The van der Waals surface area contributed by atoms with E-state index in [2.05, 4.69) is 0 Å². The van der Waals surface area contributed by atoms with Gasteiger partial charge in [0.1, 0.15) is 5.82 Å². The Morgan fingerprint density at radius 2 is 1.94 bits per heavy atom. The van der Waals surface area contributed by atoms with E-state index in [0.717, 1.165) is 24.0 Å². The number of carbonyl (C=O) groups is 1. The first-order chi connectivity index (χ1) is 7.44. The first kappa shape index (κ1) is 11.1. The maximum absolute atomic E-state index is 13.8. The van der Waals surface area contributed by atoms with Gasteiger partial charge in [0.25, 0.3) is 0 Å². The molecule has 1 aliphatic rings. The highest BCUT2D eigenvalue weighted by atomic mass is 19.1. The Kier molecular flexibility index (Phi) is 2.49. The van der Waals surface area contributed by atoms with Gasteiger partial charge in [-0.3, -0.25) is 4.79 Å². The van der Waals surface area contributed by atoms with Crippen molar-refractivity contribution in [3.63, 3.8) is 0 Å². The Morgan fingerprint density at radius 3 is 2.44 bits per heavy atom. The van der Waals surface area contributed by atoms with Crippen LogP contribution < -0.4 is 0 Å². The molecule has 1 N–H and O–H groups in total. The molecule has 0 bridgehead atoms. The minimum absolute atomic E-state index is 0.0341. The normalized spacial score (nSPS) is 17.2. The maximum atomic E-state index is 13.8. The van der Waals surface area contributed by atoms with Gasteiger partial charge in [0, 0.05) is 5.41 Å². The quantitative estimate of drug-likeness (QED) is 0.853. The van der Waals surface area contributed by atoms with Gasteiger partial charge in [-0.1, -0.05) is 6.07 Å². The number of rotatable bonds is 3. The number of halogens is 1. The molecule has 1 saturated carbocycles. The van der Waals surface area contributed by atoms with Crippen LogP contribution >= 0.6 is 0 Å². The summed E-state index contributed by atoms with van der Waals surface area (Å²) in [4.78, 5) is 10.8. The predicted octanol–water partition coefficient (Wildman–Crippen LogP) is 2.95. The van der Waals surface area contributed by atoms with E-state index < -0.39 is 11.4 Å². The minimum atomic E-state index is -0.852. The summed E-state index contributed by atoms with van der Waals surface area (Å²) in [6.07, 6.45) is 1.59. The monoisotopic (exact) mass is 222 g/mol. The average molecular weight is 222 g/mol. The zero-order valence-corrected chi connectivity index (χ0v) is 9.51. The fourth-order valence-corrected chi connectivity index (χ4v) is 2.17. The molecule has 0 atom stereocenters. The summed E-state index contributed by atoms with van der Waals surface area (Å²) >= 11 is 0. The summed E-state index contributed by atoms with van der Waals surface area (Å²) in [6.45, 7) is 3.79. The third kappa shape index (κ3) is 1.82. The van der Waals surface area contributed by atoms with Gasteiger partial charge in [0.05, 0.1) is 6.42 Å². The molecule has 0 amide bonds. The van der Waals surface area contributed by atoms with Gasteiger partial charge >= 0.3 is 5.97 Å². The molecule has 0 heterocycles. The second-order valence-corrected chi connectivity index (χ2v) is 4.77. The van der Waals surface area contributed by atoms with Crippen molar-refractivity contribution in [2.45, 2.75) is 38.5 Å². The number of carboxylic acid groups (broad SMARTS) is 1. The molecular formula is C13H15FO2. The summed E-state index contributed by atoms with van der Waals surface area (Å²) in [7, 11) is 0. The molecule has 0 saturated heterocycles. The van der Waals surface area contributed by atoms with Crippen LogP contribution in [0.15, 0.2) is 12.1 Å². The lowest BCUT2D eigenvalue weighted by molar-refractivity contribution is -0.137. The molecule has 0 spiro atoms. The average Bonchev–Trinajstić information content (AvgIpc) is 2.91. The summed E-state index contributed by atoms with van der Waals surface area (Å²) < 4.78 is 13.8. The molecule has 3 heteroatoms. The van der Waals surface area contributed by atoms with Gasteiger partial charge in [0.15, 0.2) is 0 Å². The second-order valence-electron chi connectivity index (χ2n) is 4.77. The Balaban J connectivity index is 2.41. The Bertz CT molecular complexity index is 447. The SMILES string of the molecule is Cc1cc(F)c(C2(CC(=O)O)CC2)cc1C. The van der Waals surface area contributed by atoms with Gasteiger partial charge in [-0.2, -0.15) is 0 Å². The van der Waals surface area contributed by atoms with E-state index in [1.165, 1.54) is 6.07 Å². The zero-order valence-electron chi connectivity index (χ0n) is 9.51. The molecule has 1 fully saturated rings. The van der Waals surface area contributed by atoms with E-state index >= 15 is 0 Å². The van der Waals surface area contributed by atoms with Gasteiger partial charge < -0.3 is 5.11 Å². The zero-order chi connectivity index (χ0) is 11.9. The first-order valence-electron chi connectivity index (χ1n) is 5.44. The number of hydrogen-bond acceptors (Lipinski definition) is 1. The van der Waals surface area contributed by atoms with Crippen molar-refractivity contribution >= 4 is 5.97 Å². The number of benzene rings is 1. The molecule has 86 valence electrons. The number of hydrogen-bond donors (Lipinski definition) is 1. The molecular weight excluding hydrogens is 207 g/mol. The fourth-order valence-electron chi connectivity index (χ4n) is 2.17. The predicted molar refractivity (Wildman–Crippen MR) is 59.0 cm³/mol. The fraction of sp³-hybridized carbons (Fsp3) is 0.462. The minimum Gasteiger partial charge on any atom is -0.481 e. The van der Waals surface area contributed by atoms with Crippen molar-refractivity contribution in [3.05, 3.63) is 34.6 Å². The Labute approximate surface area is 94.1 Å². The van der Waals surface area contributed by atoms with E-state index in [0.29, 0.717) is 5.56 Å². The van der Waals surface area contributed by atoms with Crippen LogP contribution in [-0.2, 0) is 10.2 Å². The highest BCUT2D eigenvalue weighted by Crippen LogP contribution is 2.52. The van der Waals surface area contributed by atoms with Crippen molar-refractivity contribution in [2.24, 2.45) is 0 Å². The van der Waals surface area contributed by atoms with Gasteiger partial charge in [-0.15, -0.1) is 0 Å². The van der Waals surface area contributed by atoms with Crippen LogP contribution in [0.25, 0.3) is 0 Å². The van der Waals surface area contributed by atoms with E-state index in [1.54, 1.807) is 6.07 Å². The summed E-state index contributed by atoms with van der Waals surface area (Å²) in [5.41, 5.74) is 2.08. The molecule has 0 radical (unpaired) electrons. The highest BCUT2D eigenvalue weighted by Gasteiger charge is 2.47. The van der Waals surface area contributed by atoms with Crippen LogP contribution in [0, 0.1) is 19.7 Å². The standard InChI is InChI=1S/C13H15FO2/c1-8-5-10(11(14)6-9(8)2)13(3-4-13)7-12(15)16/h5-6H,3-4,7H2,1-2H3,(H,15,16). The first-order valence-corrected chi connectivity index (χ1v) is 5.44. The van der Waals surface area contributed by atoms with E-state index in [-0.39, 0.29) is 12.2 Å². The van der Waals surface area contributed by atoms with E-state index in [4.69, 9.17) is 5.11 Å². The molecule has 0 aromatic heterocycles. The van der Waals surface area contributed by atoms with Crippen molar-refractivity contribution < 1.29 is 14.3 Å². The van der Waals surface area contributed by atoms with Crippen molar-refractivity contribution in [3.8, 4) is 0 Å². The summed E-state index contributed by atoms with van der Waals surface area (Å²) in [5, 5.41) is 8.84. The molecule has 0 aliphatic heterocycles. The number of aryl methyl sites for hydroxylation is 2. The van der Waals surface area contributed by atoms with Gasteiger partial charge in [-0.25, -0.2) is 4.39 Å². The van der Waals surface area contributed by atoms with E-state index in [1.807, 2.05) is 13.8 Å². The van der Waals surface area contributed by atoms with Gasteiger partial charge in [-0.05, 0) is 49.4 Å². The molecule has 16 heavy (non-hydrogen) atoms. The lowest BCUT2D eigenvalue weighted by atomic mass is 9.89. The van der Waals surface area contributed by atoms with Crippen LogP contribution in [0.4, 0.5) is 4.39 Å². The molecule has 1 aliphatic carbocycles. The van der Waals surface area contributed by atoms with Gasteiger partial charge in [0.2, 0.25) is 0 Å². The van der Waals surface area contributed by atoms with Crippen molar-refractivity contribution in [1.82, 2.24) is 0 Å². The Hall–Kier alpha value is -1.38. The van der Waals surface area contributed by atoms with Crippen LogP contribution in [0.5, 0.6) is 0 Å². The molecule has 1 aromatic carbocycles. The van der Waals surface area contributed by atoms with Crippen molar-refractivity contribution in [2.75, 3.05) is 0 Å². The second kappa shape index (κ2) is 3.58. The topological polar surface area (TPSA) is 37.3 Å². The number of carboxylic acids is 1. The number of aliphatic carboxylic acids is 1. The largest absolute Gasteiger partial charge is 0.481 e. The smallest absolute Gasteiger partial charge is 0.304 e. The molecule has 2 nitrogen and oxygen atoms in total. The molecule has 2 rings (SSSR count). The highest BCUT2D eigenvalue weighted by molar-refractivity contribution is 5.70. The molecule has 1 aromatic rings. The third-order valence-electron chi connectivity index (χ3n) is 3.50.